The van der Waals surface area contributed by atoms with E-state index in [9.17, 15) is 13.6 Å². The lowest BCUT2D eigenvalue weighted by molar-refractivity contribution is 0.0938. The van der Waals surface area contributed by atoms with Crippen LogP contribution in [0.5, 0.6) is 0 Å². The number of hydrogen-bond donors (Lipinski definition) is 2. The minimum absolute atomic E-state index is 0.0898. The molecular formula is C20H18F2N4O. The van der Waals surface area contributed by atoms with E-state index >= 15 is 0 Å². The zero-order valence-corrected chi connectivity index (χ0v) is 14.8. The van der Waals surface area contributed by atoms with Gasteiger partial charge in [-0.05, 0) is 26.0 Å². The Morgan fingerprint density at radius 3 is 2.26 bits per heavy atom. The third kappa shape index (κ3) is 4.44. The predicted octanol–water partition coefficient (Wildman–Crippen LogP) is 4.30. The fourth-order valence-electron chi connectivity index (χ4n) is 2.43. The average Bonchev–Trinajstić information content (AvgIpc) is 2.65. The molecule has 2 aromatic carbocycles. The van der Waals surface area contributed by atoms with Crippen LogP contribution in [0.25, 0.3) is 11.4 Å². The van der Waals surface area contributed by atoms with Crippen LogP contribution in [0, 0.1) is 11.6 Å². The number of nitrogens with one attached hydrogen (secondary N) is 2. The molecule has 3 aromatic rings. The highest BCUT2D eigenvalue weighted by molar-refractivity contribution is 5.93. The maximum absolute atomic E-state index is 14.0. The number of carbonyl (C=O) groups is 1. The number of rotatable bonds is 5. The number of nitrogens with zero attached hydrogens (tertiary/aromatic N) is 2. The average molecular weight is 368 g/mol. The minimum atomic E-state index is -0.761. The Hall–Kier alpha value is -3.35. The maximum atomic E-state index is 14.0. The van der Waals surface area contributed by atoms with Crippen LogP contribution in [0.15, 0.2) is 54.6 Å². The summed E-state index contributed by atoms with van der Waals surface area (Å²) in [5.74, 6) is -1.54. The molecule has 0 atom stereocenters. The van der Waals surface area contributed by atoms with E-state index in [1.807, 2.05) is 32.0 Å². The zero-order chi connectivity index (χ0) is 19.4. The predicted molar refractivity (Wildman–Crippen MR) is 99.7 cm³/mol. The smallest absolute Gasteiger partial charge is 0.270 e. The van der Waals surface area contributed by atoms with Crippen molar-refractivity contribution in [2.75, 3.05) is 5.32 Å². The number of aromatic nitrogens is 2. The van der Waals surface area contributed by atoms with Gasteiger partial charge in [0.15, 0.2) is 5.82 Å². The van der Waals surface area contributed by atoms with Crippen LogP contribution in [0.1, 0.15) is 24.3 Å². The van der Waals surface area contributed by atoms with E-state index in [1.165, 1.54) is 12.1 Å². The zero-order valence-electron chi connectivity index (χ0n) is 14.8. The Morgan fingerprint density at radius 1 is 0.963 bits per heavy atom. The quantitative estimate of drug-likeness (QED) is 0.704. The van der Waals surface area contributed by atoms with Crippen molar-refractivity contribution in [2.24, 2.45) is 0 Å². The summed E-state index contributed by atoms with van der Waals surface area (Å²) in [6.07, 6.45) is 0. The topological polar surface area (TPSA) is 66.9 Å². The summed E-state index contributed by atoms with van der Waals surface area (Å²) in [5, 5.41) is 5.36. The summed E-state index contributed by atoms with van der Waals surface area (Å²) in [5.41, 5.74) is 0.427. The number of benzene rings is 2. The van der Waals surface area contributed by atoms with Crippen molar-refractivity contribution in [1.82, 2.24) is 15.3 Å². The normalized spacial score (nSPS) is 10.7. The third-order valence-corrected chi connectivity index (χ3v) is 3.63. The lowest BCUT2D eigenvalue weighted by Crippen LogP contribution is -2.31. The molecule has 0 fully saturated rings. The largest absolute Gasteiger partial charge is 0.349 e. The van der Waals surface area contributed by atoms with Crippen LogP contribution >= 0.6 is 0 Å². The SMILES string of the molecule is CC(C)NC(=O)c1cc(Nc2c(F)cccc2F)nc(-c2ccccc2)n1. The van der Waals surface area contributed by atoms with Gasteiger partial charge in [0.1, 0.15) is 28.8 Å². The van der Waals surface area contributed by atoms with Crippen LogP contribution in [-0.4, -0.2) is 21.9 Å². The van der Waals surface area contributed by atoms with Gasteiger partial charge in [0, 0.05) is 17.7 Å². The molecule has 0 spiro atoms. The Bertz CT molecular complexity index is 941. The monoisotopic (exact) mass is 368 g/mol. The molecule has 1 heterocycles. The Morgan fingerprint density at radius 2 is 1.63 bits per heavy atom. The van der Waals surface area contributed by atoms with Crippen LogP contribution in [0.3, 0.4) is 0 Å². The summed E-state index contributed by atoms with van der Waals surface area (Å²) in [6.45, 7) is 3.65. The molecule has 7 heteroatoms. The molecule has 0 bridgehead atoms. The minimum Gasteiger partial charge on any atom is -0.349 e. The van der Waals surface area contributed by atoms with Crippen molar-refractivity contribution in [3.63, 3.8) is 0 Å². The maximum Gasteiger partial charge on any atom is 0.270 e. The lowest BCUT2D eigenvalue weighted by atomic mass is 10.2. The highest BCUT2D eigenvalue weighted by Gasteiger charge is 2.16. The van der Waals surface area contributed by atoms with Crippen molar-refractivity contribution < 1.29 is 13.6 Å². The number of amides is 1. The molecule has 0 aliphatic rings. The molecule has 0 aliphatic carbocycles. The first kappa shape index (κ1) is 18.4. The summed E-state index contributed by atoms with van der Waals surface area (Å²) < 4.78 is 27.9. The second-order valence-electron chi connectivity index (χ2n) is 6.18. The number of halogens is 2. The van der Waals surface area contributed by atoms with Crippen LogP contribution in [-0.2, 0) is 0 Å². The third-order valence-electron chi connectivity index (χ3n) is 3.63. The fourth-order valence-corrected chi connectivity index (χ4v) is 2.43. The Balaban J connectivity index is 2.06. The fraction of sp³-hybridized carbons (Fsp3) is 0.150. The Labute approximate surface area is 155 Å². The standard InChI is InChI=1S/C20H18F2N4O/c1-12(2)23-20(27)16-11-17(25-18-14(21)9-6-10-15(18)22)26-19(24-16)13-7-4-3-5-8-13/h3-12H,1-2H3,(H,23,27)(H,24,25,26). The summed E-state index contributed by atoms with van der Waals surface area (Å²) in [6, 6.07) is 13.8. The van der Waals surface area contributed by atoms with E-state index < -0.39 is 17.5 Å². The van der Waals surface area contributed by atoms with Gasteiger partial charge in [-0.3, -0.25) is 4.79 Å². The molecule has 1 amide bonds. The van der Waals surface area contributed by atoms with Gasteiger partial charge in [-0.15, -0.1) is 0 Å². The van der Waals surface area contributed by atoms with E-state index in [1.54, 1.807) is 12.1 Å². The number of anilines is 2. The molecule has 0 saturated heterocycles. The van der Waals surface area contributed by atoms with Gasteiger partial charge in [-0.25, -0.2) is 18.7 Å². The summed E-state index contributed by atoms with van der Waals surface area (Å²) in [4.78, 5) is 21.0. The van der Waals surface area contributed by atoms with E-state index in [-0.39, 0.29) is 29.1 Å². The van der Waals surface area contributed by atoms with Gasteiger partial charge in [-0.1, -0.05) is 36.4 Å². The van der Waals surface area contributed by atoms with Crippen LogP contribution < -0.4 is 10.6 Å². The number of carbonyl (C=O) groups excluding carboxylic acids is 1. The van der Waals surface area contributed by atoms with Crippen molar-refractivity contribution >= 4 is 17.4 Å². The molecule has 2 N–H and O–H groups in total. The van der Waals surface area contributed by atoms with E-state index in [0.717, 1.165) is 12.1 Å². The molecule has 0 saturated carbocycles. The lowest BCUT2D eigenvalue weighted by Gasteiger charge is -2.12. The van der Waals surface area contributed by atoms with Gasteiger partial charge in [0.05, 0.1) is 0 Å². The van der Waals surface area contributed by atoms with Gasteiger partial charge in [-0.2, -0.15) is 0 Å². The van der Waals surface area contributed by atoms with Crippen molar-refractivity contribution in [3.05, 3.63) is 71.9 Å². The molecular weight excluding hydrogens is 350 g/mol. The highest BCUT2D eigenvalue weighted by Crippen LogP contribution is 2.24. The molecule has 5 nitrogen and oxygen atoms in total. The molecule has 0 unspecified atom stereocenters. The first-order valence-corrected chi connectivity index (χ1v) is 8.40. The van der Waals surface area contributed by atoms with Gasteiger partial charge in [0.25, 0.3) is 5.91 Å². The Kier molecular flexibility index (Phi) is 5.40. The van der Waals surface area contributed by atoms with Crippen LogP contribution in [0.2, 0.25) is 0 Å². The molecule has 0 aliphatic heterocycles. The van der Waals surface area contributed by atoms with Crippen molar-refractivity contribution in [3.8, 4) is 11.4 Å². The van der Waals surface area contributed by atoms with E-state index in [0.29, 0.717) is 5.56 Å². The van der Waals surface area contributed by atoms with Gasteiger partial charge in [0.2, 0.25) is 0 Å². The number of hydrogen-bond acceptors (Lipinski definition) is 4. The van der Waals surface area contributed by atoms with E-state index in [4.69, 9.17) is 0 Å². The highest BCUT2D eigenvalue weighted by atomic mass is 19.1. The van der Waals surface area contributed by atoms with Crippen LogP contribution in [0.4, 0.5) is 20.3 Å². The van der Waals surface area contributed by atoms with Gasteiger partial charge >= 0.3 is 0 Å². The second-order valence-corrected chi connectivity index (χ2v) is 6.18. The molecule has 27 heavy (non-hydrogen) atoms. The van der Waals surface area contributed by atoms with Crippen molar-refractivity contribution in [1.29, 1.82) is 0 Å². The second kappa shape index (κ2) is 7.90. The molecule has 1 aromatic heterocycles. The number of para-hydroxylation sites is 1. The van der Waals surface area contributed by atoms with Gasteiger partial charge < -0.3 is 10.6 Å². The first-order chi connectivity index (χ1) is 12.9. The van der Waals surface area contributed by atoms with E-state index in [2.05, 4.69) is 20.6 Å². The first-order valence-electron chi connectivity index (χ1n) is 8.40. The van der Waals surface area contributed by atoms with Crippen molar-refractivity contribution in [2.45, 2.75) is 19.9 Å². The molecule has 138 valence electrons. The summed E-state index contributed by atoms with van der Waals surface area (Å²) in [7, 11) is 0. The summed E-state index contributed by atoms with van der Waals surface area (Å²) >= 11 is 0. The molecule has 3 rings (SSSR count). The molecule has 0 radical (unpaired) electrons.